The van der Waals surface area contributed by atoms with Crippen LogP contribution in [0.5, 0.6) is 0 Å². The Kier molecular flexibility index (Phi) is 6.27. The third-order valence-corrected chi connectivity index (χ3v) is 4.42. The van der Waals surface area contributed by atoms with E-state index in [4.69, 9.17) is 9.47 Å². The van der Waals surface area contributed by atoms with Crippen LogP contribution in [0.25, 0.3) is 0 Å². The second-order valence-corrected chi connectivity index (χ2v) is 6.95. The van der Waals surface area contributed by atoms with Crippen LogP contribution in [0.1, 0.15) is 58.8 Å². The highest BCUT2D eigenvalue weighted by Crippen LogP contribution is 2.24. The van der Waals surface area contributed by atoms with Gasteiger partial charge in [0.1, 0.15) is 0 Å². The first-order valence-corrected chi connectivity index (χ1v) is 8.22. The smallest absolute Gasteiger partial charge is 0.0897 e. The number of nitrogens with one attached hydrogen (secondary N) is 1. The minimum Gasteiger partial charge on any atom is -0.389 e. The molecule has 2 N–H and O–H groups in total. The van der Waals surface area contributed by atoms with Gasteiger partial charge in [0, 0.05) is 19.2 Å². The quantitative estimate of drug-likeness (QED) is 0.786. The first-order chi connectivity index (χ1) is 9.55. The van der Waals surface area contributed by atoms with Crippen molar-refractivity contribution in [3.8, 4) is 0 Å². The first-order valence-electron chi connectivity index (χ1n) is 8.22. The molecule has 2 unspecified atom stereocenters. The highest BCUT2D eigenvalue weighted by Gasteiger charge is 2.28. The van der Waals surface area contributed by atoms with Crippen LogP contribution in [0, 0.1) is 0 Å². The van der Waals surface area contributed by atoms with Crippen LogP contribution in [0.2, 0.25) is 0 Å². The van der Waals surface area contributed by atoms with Crippen molar-refractivity contribution in [3.63, 3.8) is 0 Å². The lowest BCUT2D eigenvalue weighted by atomic mass is 9.94. The third kappa shape index (κ3) is 5.68. The fraction of sp³-hybridized carbons (Fsp3) is 1.00. The molecule has 2 fully saturated rings. The van der Waals surface area contributed by atoms with E-state index in [1.807, 2.05) is 0 Å². The fourth-order valence-electron chi connectivity index (χ4n) is 3.25. The Morgan fingerprint density at radius 3 is 2.70 bits per heavy atom. The fourth-order valence-corrected chi connectivity index (χ4v) is 3.25. The monoisotopic (exact) mass is 285 g/mol. The van der Waals surface area contributed by atoms with Crippen LogP contribution in [-0.2, 0) is 9.47 Å². The summed E-state index contributed by atoms with van der Waals surface area (Å²) in [4.78, 5) is 0. The Hall–Kier alpha value is -0.160. The Morgan fingerprint density at radius 2 is 2.00 bits per heavy atom. The minimum atomic E-state index is -0.400. The van der Waals surface area contributed by atoms with E-state index in [0.29, 0.717) is 25.3 Å². The highest BCUT2D eigenvalue weighted by molar-refractivity contribution is 4.83. The van der Waals surface area contributed by atoms with E-state index in [-0.39, 0.29) is 5.60 Å². The number of rotatable bonds is 6. The van der Waals surface area contributed by atoms with E-state index in [1.165, 1.54) is 19.3 Å². The standard InChI is InChI=1S/C16H31NO3/c1-16(2)10-13(8-9-20-16)17-11-14(18)12-19-15-6-4-3-5-7-15/h13-15,17-18H,3-12H2,1-2H3. The topological polar surface area (TPSA) is 50.7 Å². The van der Waals surface area contributed by atoms with Crippen LogP contribution in [0.3, 0.4) is 0 Å². The molecule has 2 aliphatic rings. The zero-order valence-corrected chi connectivity index (χ0v) is 13.1. The number of aliphatic hydroxyl groups excluding tert-OH is 1. The van der Waals surface area contributed by atoms with Crippen molar-refractivity contribution in [2.45, 2.75) is 82.6 Å². The molecule has 0 aromatic rings. The number of aliphatic hydroxyl groups is 1. The molecular weight excluding hydrogens is 254 g/mol. The molecule has 0 bridgehead atoms. The molecule has 1 saturated heterocycles. The summed E-state index contributed by atoms with van der Waals surface area (Å²) in [6, 6.07) is 0.447. The second kappa shape index (κ2) is 7.74. The summed E-state index contributed by atoms with van der Waals surface area (Å²) in [6.45, 7) is 6.14. The molecule has 2 rings (SSSR count). The Bertz CT molecular complexity index is 277. The van der Waals surface area contributed by atoms with Crippen molar-refractivity contribution >= 4 is 0 Å². The number of hydrogen-bond donors (Lipinski definition) is 2. The molecule has 4 nitrogen and oxygen atoms in total. The summed E-state index contributed by atoms with van der Waals surface area (Å²) in [7, 11) is 0. The average Bonchev–Trinajstić information content (AvgIpc) is 2.43. The molecule has 0 spiro atoms. The van der Waals surface area contributed by atoms with Crippen LogP contribution >= 0.6 is 0 Å². The second-order valence-electron chi connectivity index (χ2n) is 6.95. The van der Waals surface area contributed by atoms with Gasteiger partial charge in [0.2, 0.25) is 0 Å². The predicted molar refractivity (Wildman–Crippen MR) is 79.9 cm³/mol. The molecule has 1 aliphatic heterocycles. The van der Waals surface area contributed by atoms with Gasteiger partial charge in [-0.05, 0) is 39.5 Å². The van der Waals surface area contributed by atoms with Crippen LogP contribution in [0.15, 0.2) is 0 Å². The van der Waals surface area contributed by atoms with Gasteiger partial charge < -0.3 is 19.9 Å². The third-order valence-electron chi connectivity index (χ3n) is 4.42. The normalized spacial score (nSPS) is 29.2. The van der Waals surface area contributed by atoms with Gasteiger partial charge >= 0.3 is 0 Å². The summed E-state index contributed by atoms with van der Waals surface area (Å²) in [6.07, 6.45) is 8.21. The Balaban J connectivity index is 1.58. The van der Waals surface area contributed by atoms with Gasteiger partial charge in [-0.3, -0.25) is 0 Å². The average molecular weight is 285 g/mol. The van der Waals surface area contributed by atoms with Gasteiger partial charge in [-0.15, -0.1) is 0 Å². The van der Waals surface area contributed by atoms with Crippen LogP contribution in [0.4, 0.5) is 0 Å². The van der Waals surface area contributed by atoms with Crippen molar-refractivity contribution in [2.24, 2.45) is 0 Å². The maximum Gasteiger partial charge on any atom is 0.0897 e. The summed E-state index contributed by atoms with van der Waals surface area (Å²) in [5.41, 5.74) is -0.0422. The van der Waals surface area contributed by atoms with E-state index < -0.39 is 6.10 Å². The SMILES string of the molecule is CC1(C)CC(NCC(O)COC2CCCCC2)CCO1. The lowest BCUT2D eigenvalue weighted by molar-refractivity contribution is -0.0659. The molecule has 0 aromatic carbocycles. The number of hydrogen-bond acceptors (Lipinski definition) is 4. The largest absolute Gasteiger partial charge is 0.389 e. The maximum atomic E-state index is 10.0. The first kappa shape index (κ1) is 16.2. The molecule has 0 aromatic heterocycles. The van der Waals surface area contributed by atoms with E-state index in [0.717, 1.165) is 32.3 Å². The van der Waals surface area contributed by atoms with Crippen molar-refractivity contribution in [2.75, 3.05) is 19.8 Å². The Morgan fingerprint density at radius 1 is 1.25 bits per heavy atom. The lowest BCUT2D eigenvalue weighted by Crippen LogP contribution is -2.46. The van der Waals surface area contributed by atoms with Gasteiger partial charge in [-0.2, -0.15) is 0 Å². The molecule has 118 valence electrons. The van der Waals surface area contributed by atoms with Crippen LogP contribution < -0.4 is 5.32 Å². The molecule has 0 radical (unpaired) electrons. The molecule has 1 heterocycles. The zero-order chi connectivity index (χ0) is 14.4. The van der Waals surface area contributed by atoms with E-state index in [1.54, 1.807) is 0 Å². The predicted octanol–water partition coefficient (Wildman–Crippen LogP) is 2.24. The molecule has 1 aliphatic carbocycles. The van der Waals surface area contributed by atoms with Crippen molar-refractivity contribution in [3.05, 3.63) is 0 Å². The zero-order valence-electron chi connectivity index (χ0n) is 13.1. The van der Waals surface area contributed by atoms with Gasteiger partial charge in [0.25, 0.3) is 0 Å². The van der Waals surface area contributed by atoms with E-state index >= 15 is 0 Å². The molecule has 20 heavy (non-hydrogen) atoms. The molecule has 2 atom stereocenters. The maximum absolute atomic E-state index is 10.0. The Labute approximate surface area is 123 Å². The van der Waals surface area contributed by atoms with Gasteiger partial charge in [-0.1, -0.05) is 19.3 Å². The van der Waals surface area contributed by atoms with E-state index in [9.17, 15) is 5.11 Å². The molecule has 4 heteroatoms. The number of ether oxygens (including phenoxy) is 2. The summed E-state index contributed by atoms with van der Waals surface area (Å²) < 4.78 is 11.5. The summed E-state index contributed by atoms with van der Waals surface area (Å²) in [5.74, 6) is 0. The molecular formula is C16H31NO3. The minimum absolute atomic E-state index is 0.0422. The molecule has 0 amide bonds. The highest BCUT2D eigenvalue weighted by atomic mass is 16.5. The van der Waals surface area contributed by atoms with E-state index in [2.05, 4.69) is 19.2 Å². The van der Waals surface area contributed by atoms with Gasteiger partial charge in [0.15, 0.2) is 0 Å². The lowest BCUT2D eigenvalue weighted by Gasteiger charge is -2.36. The van der Waals surface area contributed by atoms with Gasteiger partial charge in [-0.25, -0.2) is 0 Å². The summed E-state index contributed by atoms with van der Waals surface area (Å²) in [5, 5.41) is 13.5. The molecule has 1 saturated carbocycles. The van der Waals surface area contributed by atoms with Crippen molar-refractivity contribution in [1.29, 1.82) is 0 Å². The van der Waals surface area contributed by atoms with Gasteiger partial charge in [0.05, 0.1) is 24.4 Å². The van der Waals surface area contributed by atoms with Crippen molar-refractivity contribution < 1.29 is 14.6 Å². The van der Waals surface area contributed by atoms with Crippen molar-refractivity contribution in [1.82, 2.24) is 5.32 Å². The van der Waals surface area contributed by atoms with Crippen LogP contribution in [-0.4, -0.2) is 48.7 Å². The summed E-state index contributed by atoms with van der Waals surface area (Å²) >= 11 is 0.